The van der Waals surface area contributed by atoms with Crippen LogP contribution >= 0.6 is 23.2 Å². The molecule has 0 radical (unpaired) electrons. The predicted octanol–water partition coefficient (Wildman–Crippen LogP) is 5.01. The Morgan fingerprint density at radius 3 is 2.21 bits per heavy atom. The Morgan fingerprint density at radius 2 is 1.62 bits per heavy atom. The number of rotatable bonds is 6. The Labute approximate surface area is 174 Å². The molecule has 0 unspecified atom stereocenters. The molecule has 0 bridgehead atoms. The summed E-state index contributed by atoms with van der Waals surface area (Å²) in [6.45, 7) is 0.0743. The average Bonchev–Trinajstić information content (AvgIpc) is 3.13. The normalized spacial score (nSPS) is 11.3. The highest BCUT2D eigenvalue weighted by atomic mass is 35.5. The minimum Gasteiger partial charge on any atom is -0.492 e. The number of ether oxygens (including phenoxy) is 1. The summed E-state index contributed by atoms with van der Waals surface area (Å²) in [5.41, 5.74) is -1.62. The molecule has 1 N–H and O–H groups in total. The van der Waals surface area contributed by atoms with Crippen LogP contribution in [0.5, 0.6) is 5.75 Å². The molecule has 0 aliphatic rings. The fourth-order valence-electron chi connectivity index (χ4n) is 2.52. The highest BCUT2D eigenvalue weighted by Gasteiger charge is 2.40. The fraction of sp³-hybridized carbons (Fsp3) is 0.158. The van der Waals surface area contributed by atoms with Crippen molar-refractivity contribution < 1.29 is 22.7 Å². The highest BCUT2D eigenvalue weighted by Crippen LogP contribution is 2.33. The number of nitrogens with one attached hydrogen (secondary N) is 1. The maximum absolute atomic E-state index is 13.6. The van der Waals surface area contributed by atoms with Crippen LogP contribution in [0, 0.1) is 0 Å². The molecule has 0 saturated carbocycles. The van der Waals surface area contributed by atoms with Crippen molar-refractivity contribution in [3.05, 3.63) is 76.0 Å². The number of carbonyl (C=O) groups is 1. The summed E-state index contributed by atoms with van der Waals surface area (Å²) >= 11 is 11.5. The number of benzene rings is 2. The fourth-order valence-corrected chi connectivity index (χ4v) is 2.78. The summed E-state index contributed by atoms with van der Waals surface area (Å²) in [5, 5.41) is 7.05. The second-order valence-electron chi connectivity index (χ2n) is 5.85. The summed E-state index contributed by atoms with van der Waals surface area (Å²) < 4.78 is 46.9. The molecular formula is C19H14Cl2F3N3O2. The molecule has 0 spiro atoms. The van der Waals surface area contributed by atoms with E-state index in [1.807, 2.05) is 0 Å². The topological polar surface area (TPSA) is 56.1 Å². The Kier molecular flexibility index (Phi) is 6.34. The number of aromatic nitrogens is 2. The van der Waals surface area contributed by atoms with E-state index < -0.39 is 23.3 Å². The second kappa shape index (κ2) is 8.75. The first-order chi connectivity index (χ1) is 13.8. The SMILES string of the molecule is O=C(NCCOc1ccc(Cl)cc1)c1cnn(-c2ccc(Cl)cc2)c1C(F)(F)F. The Bertz CT molecular complexity index is 987. The standard InChI is InChI=1S/C19H14Cl2F3N3O2/c20-12-1-5-14(6-2-12)27-17(19(22,23)24)16(11-26-27)18(28)25-9-10-29-15-7-3-13(21)4-8-15/h1-8,11H,9-10H2,(H,25,28). The van der Waals surface area contributed by atoms with Crippen LogP contribution in [0.1, 0.15) is 16.1 Å². The van der Waals surface area contributed by atoms with E-state index in [1.165, 1.54) is 24.3 Å². The summed E-state index contributed by atoms with van der Waals surface area (Å²) in [6.07, 6.45) is -3.91. The van der Waals surface area contributed by atoms with E-state index in [0.717, 1.165) is 6.20 Å². The minimum atomic E-state index is -4.79. The monoisotopic (exact) mass is 443 g/mol. The van der Waals surface area contributed by atoms with Gasteiger partial charge >= 0.3 is 6.18 Å². The molecule has 1 heterocycles. The lowest BCUT2D eigenvalue weighted by Gasteiger charge is -2.13. The molecule has 3 aromatic rings. The van der Waals surface area contributed by atoms with E-state index in [1.54, 1.807) is 24.3 Å². The number of amides is 1. The molecule has 10 heteroatoms. The molecule has 1 aromatic heterocycles. The molecule has 0 aliphatic carbocycles. The summed E-state index contributed by atoms with van der Waals surface area (Å²) in [4.78, 5) is 12.3. The molecule has 29 heavy (non-hydrogen) atoms. The zero-order chi connectivity index (χ0) is 21.0. The number of alkyl halides is 3. The Hall–Kier alpha value is -2.71. The summed E-state index contributed by atoms with van der Waals surface area (Å²) in [6, 6.07) is 12.2. The van der Waals surface area contributed by atoms with Gasteiger partial charge in [0.2, 0.25) is 0 Å². The maximum atomic E-state index is 13.6. The van der Waals surface area contributed by atoms with Crippen molar-refractivity contribution in [2.45, 2.75) is 6.18 Å². The molecule has 0 saturated heterocycles. The van der Waals surface area contributed by atoms with Gasteiger partial charge in [0.25, 0.3) is 5.91 Å². The minimum absolute atomic E-state index is 0.00484. The number of carbonyl (C=O) groups excluding carboxylic acids is 1. The predicted molar refractivity (Wildman–Crippen MR) is 103 cm³/mol. The number of halogens is 5. The van der Waals surface area contributed by atoms with Gasteiger partial charge in [-0.05, 0) is 48.5 Å². The third-order valence-electron chi connectivity index (χ3n) is 3.82. The smallest absolute Gasteiger partial charge is 0.434 e. The maximum Gasteiger partial charge on any atom is 0.434 e. The number of nitrogens with zero attached hydrogens (tertiary/aromatic N) is 2. The second-order valence-corrected chi connectivity index (χ2v) is 6.72. The number of hydrogen-bond acceptors (Lipinski definition) is 3. The first-order valence-electron chi connectivity index (χ1n) is 8.33. The van der Waals surface area contributed by atoms with Crippen LogP contribution in [0.15, 0.2) is 54.7 Å². The van der Waals surface area contributed by atoms with Crippen LogP contribution in [0.4, 0.5) is 13.2 Å². The third kappa shape index (κ3) is 5.21. The average molecular weight is 444 g/mol. The van der Waals surface area contributed by atoms with E-state index in [2.05, 4.69) is 10.4 Å². The molecule has 0 atom stereocenters. The van der Waals surface area contributed by atoms with Gasteiger partial charge in [0, 0.05) is 10.0 Å². The molecule has 0 aliphatic heterocycles. The molecule has 5 nitrogen and oxygen atoms in total. The largest absolute Gasteiger partial charge is 0.492 e. The van der Waals surface area contributed by atoms with Crippen molar-refractivity contribution in [1.82, 2.24) is 15.1 Å². The van der Waals surface area contributed by atoms with Gasteiger partial charge in [0.15, 0.2) is 5.69 Å². The van der Waals surface area contributed by atoms with Crippen molar-refractivity contribution in [2.24, 2.45) is 0 Å². The van der Waals surface area contributed by atoms with Gasteiger partial charge in [-0.3, -0.25) is 4.79 Å². The van der Waals surface area contributed by atoms with Crippen molar-refractivity contribution in [2.75, 3.05) is 13.2 Å². The van der Waals surface area contributed by atoms with Crippen LogP contribution in [0.3, 0.4) is 0 Å². The molecule has 3 rings (SSSR count). The first-order valence-corrected chi connectivity index (χ1v) is 9.09. The molecule has 152 valence electrons. The van der Waals surface area contributed by atoms with E-state index in [4.69, 9.17) is 27.9 Å². The zero-order valence-corrected chi connectivity index (χ0v) is 16.2. The van der Waals surface area contributed by atoms with Crippen molar-refractivity contribution in [3.63, 3.8) is 0 Å². The van der Waals surface area contributed by atoms with E-state index in [9.17, 15) is 18.0 Å². The van der Waals surface area contributed by atoms with Gasteiger partial charge in [-0.25, -0.2) is 4.68 Å². The van der Waals surface area contributed by atoms with E-state index in [-0.39, 0.29) is 18.8 Å². The van der Waals surface area contributed by atoms with Crippen LogP contribution in [-0.4, -0.2) is 28.8 Å². The van der Waals surface area contributed by atoms with Gasteiger partial charge in [-0.15, -0.1) is 0 Å². The number of hydrogen-bond donors (Lipinski definition) is 1. The lowest BCUT2D eigenvalue weighted by Crippen LogP contribution is -2.30. The van der Waals surface area contributed by atoms with Gasteiger partial charge in [0.05, 0.1) is 24.0 Å². The third-order valence-corrected chi connectivity index (χ3v) is 4.33. The molecular weight excluding hydrogens is 430 g/mol. The van der Waals surface area contributed by atoms with E-state index in [0.29, 0.717) is 20.5 Å². The molecule has 2 aromatic carbocycles. The van der Waals surface area contributed by atoms with Crippen LogP contribution in [0.25, 0.3) is 5.69 Å². The van der Waals surface area contributed by atoms with Crippen LogP contribution in [0.2, 0.25) is 10.0 Å². The zero-order valence-electron chi connectivity index (χ0n) is 14.7. The van der Waals surface area contributed by atoms with Crippen molar-refractivity contribution in [3.8, 4) is 11.4 Å². The van der Waals surface area contributed by atoms with Crippen LogP contribution < -0.4 is 10.1 Å². The first kappa shape index (κ1) is 21.0. The van der Waals surface area contributed by atoms with Crippen molar-refractivity contribution in [1.29, 1.82) is 0 Å². The molecule has 1 amide bonds. The van der Waals surface area contributed by atoms with Crippen LogP contribution in [-0.2, 0) is 6.18 Å². The Balaban J connectivity index is 1.71. The highest BCUT2D eigenvalue weighted by molar-refractivity contribution is 6.30. The summed E-state index contributed by atoms with van der Waals surface area (Å²) in [7, 11) is 0. The molecule has 0 fully saturated rings. The van der Waals surface area contributed by atoms with Gasteiger partial charge in [-0.1, -0.05) is 23.2 Å². The van der Waals surface area contributed by atoms with Gasteiger partial charge in [0.1, 0.15) is 12.4 Å². The van der Waals surface area contributed by atoms with Gasteiger partial charge in [-0.2, -0.15) is 18.3 Å². The van der Waals surface area contributed by atoms with E-state index >= 15 is 0 Å². The summed E-state index contributed by atoms with van der Waals surface area (Å²) in [5.74, 6) is -0.382. The van der Waals surface area contributed by atoms with Crippen molar-refractivity contribution >= 4 is 29.1 Å². The quantitative estimate of drug-likeness (QED) is 0.545. The lowest BCUT2D eigenvalue weighted by atomic mass is 10.2. The lowest BCUT2D eigenvalue weighted by molar-refractivity contribution is -0.143. The van der Waals surface area contributed by atoms with Gasteiger partial charge < -0.3 is 10.1 Å². The Morgan fingerprint density at radius 1 is 1.03 bits per heavy atom.